The van der Waals surface area contributed by atoms with Gasteiger partial charge in [0.25, 0.3) is 0 Å². The molecule has 27 heavy (non-hydrogen) atoms. The smallest absolute Gasteiger partial charge is 0.245 e. The van der Waals surface area contributed by atoms with E-state index in [1.165, 1.54) is 4.31 Å². The van der Waals surface area contributed by atoms with Crippen molar-refractivity contribution >= 4 is 26.8 Å². The van der Waals surface area contributed by atoms with Crippen LogP contribution in [0.5, 0.6) is 5.75 Å². The molecule has 1 aromatic heterocycles. The zero-order valence-corrected chi connectivity index (χ0v) is 16.3. The van der Waals surface area contributed by atoms with E-state index in [-0.39, 0.29) is 12.5 Å². The molecule has 0 spiro atoms. The van der Waals surface area contributed by atoms with Gasteiger partial charge in [-0.15, -0.1) is 0 Å². The van der Waals surface area contributed by atoms with Crippen LogP contribution in [0.15, 0.2) is 30.4 Å². The lowest BCUT2D eigenvalue weighted by Crippen LogP contribution is -2.48. The molecular formula is C19H23N3O4S. The number of nitrogens with one attached hydrogen (secondary N) is 1. The standard InChI is InChI=1S/C19H23N3O4S/c1-3-26-13-6-7-16-14(11-13)15-12-21(10-8-17(15)20-16)19(23)18-5-4-9-22(18)27(2,24)25/h4-7,11,18,20H,3,8-10,12H2,1-2H3/t18-/m1/s1. The zero-order chi connectivity index (χ0) is 19.2. The number of carbonyl (C=O) groups excluding carboxylic acids is 1. The lowest BCUT2D eigenvalue weighted by molar-refractivity contribution is -0.134. The third-order valence-corrected chi connectivity index (χ3v) is 6.39. The van der Waals surface area contributed by atoms with Crippen LogP contribution in [0, 0.1) is 0 Å². The number of benzene rings is 1. The maximum atomic E-state index is 13.0. The summed E-state index contributed by atoms with van der Waals surface area (Å²) in [6.45, 7) is 3.82. The predicted octanol–water partition coefficient (Wildman–Crippen LogP) is 1.65. The van der Waals surface area contributed by atoms with Crippen molar-refractivity contribution in [1.29, 1.82) is 0 Å². The van der Waals surface area contributed by atoms with Gasteiger partial charge in [0.15, 0.2) is 0 Å². The normalized spacial score (nSPS) is 20.2. The summed E-state index contributed by atoms with van der Waals surface area (Å²) in [5.74, 6) is 0.632. The second-order valence-electron chi connectivity index (χ2n) is 6.94. The van der Waals surface area contributed by atoms with E-state index in [4.69, 9.17) is 4.74 Å². The highest BCUT2D eigenvalue weighted by atomic mass is 32.2. The Hall–Kier alpha value is -2.32. The van der Waals surface area contributed by atoms with E-state index in [1.54, 1.807) is 17.1 Å². The number of amides is 1. The molecule has 3 heterocycles. The zero-order valence-electron chi connectivity index (χ0n) is 15.4. The van der Waals surface area contributed by atoms with Crippen LogP contribution >= 0.6 is 0 Å². The number of H-pyrrole nitrogens is 1. The van der Waals surface area contributed by atoms with E-state index >= 15 is 0 Å². The summed E-state index contributed by atoms with van der Waals surface area (Å²) in [7, 11) is -3.43. The molecule has 0 bridgehead atoms. The second kappa shape index (κ2) is 6.69. The fraction of sp³-hybridized carbons (Fsp3) is 0.421. The number of hydrogen-bond donors (Lipinski definition) is 1. The summed E-state index contributed by atoms with van der Waals surface area (Å²) in [6.07, 6.45) is 5.28. The van der Waals surface area contributed by atoms with Crippen molar-refractivity contribution in [2.45, 2.75) is 25.9 Å². The van der Waals surface area contributed by atoms with Crippen molar-refractivity contribution < 1.29 is 17.9 Å². The minimum absolute atomic E-state index is 0.171. The molecule has 0 fully saturated rings. The molecule has 1 atom stereocenters. The van der Waals surface area contributed by atoms with Crippen LogP contribution in [-0.2, 0) is 27.8 Å². The first-order valence-corrected chi connectivity index (χ1v) is 10.9. The van der Waals surface area contributed by atoms with E-state index in [1.807, 2.05) is 25.1 Å². The topological polar surface area (TPSA) is 82.7 Å². The van der Waals surface area contributed by atoms with Crippen LogP contribution in [-0.4, -0.2) is 60.5 Å². The number of carbonyl (C=O) groups is 1. The van der Waals surface area contributed by atoms with Gasteiger partial charge in [0.2, 0.25) is 15.9 Å². The van der Waals surface area contributed by atoms with Crippen molar-refractivity contribution in [1.82, 2.24) is 14.2 Å². The molecule has 1 aromatic carbocycles. The maximum absolute atomic E-state index is 13.0. The lowest BCUT2D eigenvalue weighted by atomic mass is 10.0. The Bertz CT molecular complexity index is 1020. The average molecular weight is 389 g/mol. The molecule has 2 aliphatic rings. The van der Waals surface area contributed by atoms with Crippen LogP contribution in [0.2, 0.25) is 0 Å². The Morgan fingerprint density at radius 3 is 2.93 bits per heavy atom. The Balaban J connectivity index is 1.62. The minimum Gasteiger partial charge on any atom is -0.494 e. The van der Waals surface area contributed by atoms with Gasteiger partial charge in [-0.1, -0.05) is 12.2 Å². The number of sulfonamides is 1. The van der Waals surface area contributed by atoms with Crippen LogP contribution in [0.4, 0.5) is 0 Å². The van der Waals surface area contributed by atoms with Gasteiger partial charge < -0.3 is 14.6 Å². The van der Waals surface area contributed by atoms with Crippen LogP contribution < -0.4 is 4.74 Å². The van der Waals surface area contributed by atoms with Crippen molar-refractivity contribution in [2.24, 2.45) is 0 Å². The minimum atomic E-state index is -3.43. The first-order valence-electron chi connectivity index (χ1n) is 9.07. The summed E-state index contributed by atoms with van der Waals surface area (Å²) in [5, 5.41) is 1.05. The third kappa shape index (κ3) is 3.23. The van der Waals surface area contributed by atoms with E-state index < -0.39 is 16.1 Å². The molecule has 1 amide bonds. The second-order valence-corrected chi connectivity index (χ2v) is 8.87. The highest BCUT2D eigenvalue weighted by Gasteiger charge is 2.36. The molecule has 2 aliphatic heterocycles. The van der Waals surface area contributed by atoms with Gasteiger partial charge in [0.1, 0.15) is 11.8 Å². The van der Waals surface area contributed by atoms with Crippen molar-refractivity contribution in [3.63, 3.8) is 0 Å². The summed E-state index contributed by atoms with van der Waals surface area (Å²) < 4.78 is 30.8. The fourth-order valence-electron chi connectivity index (χ4n) is 3.88. The molecule has 0 unspecified atom stereocenters. The van der Waals surface area contributed by atoms with Gasteiger partial charge in [0.05, 0.1) is 12.9 Å². The Morgan fingerprint density at radius 2 is 2.19 bits per heavy atom. The Labute approximate surface area is 158 Å². The molecule has 7 nitrogen and oxygen atoms in total. The maximum Gasteiger partial charge on any atom is 0.245 e. The van der Waals surface area contributed by atoms with E-state index in [2.05, 4.69) is 4.98 Å². The number of nitrogens with zero attached hydrogens (tertiary/aromatic N) is 2. The van der Waals surface area contributed by atoms with E-state index in [0.717, 1.165) is 40.6 Å². The number of aromatic amines is 1. The summed E-state index contributed by atoms with van der Waals surface area (Å²) in [4.78, 5) is 18.2. The van der Waals surface area contributed by atoms with Gasteiger partial charge in [0, 0.05) is 48.2 Å². The van der Waals surface area contributed by atoms with Crippen molar-refractivity contribution in [3.8, 4) is 5.75 Å². The third-order valence-electron chi connectivity index (χ3n) is 5.16. The molecule has 0 radical (unpaired) electrons. The fourth-order valence-corrected chi connectivity index (χ4v) is 4.81. The monoisotopic (exact) mass is 389 g/mol. The molecule has 1 N–H and O–H groups in total. The summed E-state index contributed by atoms with van der Waals surface area (Å²) >= 11 is 0. The highest BCUT2D eigenvalue weighted by Crippen LogP contribution is 2.31. The summed E-state index contributed by atoms with van der Waals surface area (Å²) in [5.41, 5.74) is 3.24. The molecule has 4 rings (SSSR count). The number of fused-ring (bicyclic) bond motifs is 3. The van der Waals surface area contributed by atoms with Gasteiger partial charge in [-0.3, -0.25) is 4.79 Å². The highest BCUT2D eigenvalue weighted by molar-refractivity contribution is 7.88. The first kappa shape index (κ1) is 18.1. The average Bonchev–Trinajstić information content (AvgIpc) is 3.25. The van der Waals surface area contributed by atoms with E-state index in [0.29, 0.717) is 19.7 Å². The molecule has 2 aromatic rings. The van der Waals surface area contributed by atoms with Gasteiger partial charge >= 0.3 is 0 Å². The first-order chi connectivity index (χ1) is 12.9. The van der Waals surface area contributed by atoms with Gasteiger partial charge in [-0.25, -0.2) is 8.42 Å². The van der Waals surface area contributed by atoms with Gasteiger partial charge in [-0.2, -0.15) is 4.31 Å². The Morgan fingerprint density at radius 1 is 1.37 bits per heavy atom. The Kier molecular flexibility index (Phi) is 4.47. The quantitative estimate of drug-likeness (QED) is 0.806. The number of ether oxygens (including phenoxy) is 1. The van der Waals surface area contributed by atoms with Gasteiger partial charge in [-0.05, 0) is 25.1 Å². The molecule has 8 heteroatoms. The van der Waals surface area contributed by atoms with Crippen LogP contribution in [0.1, 0.15) is 18.2 Å². The van der Waals surface area contributed by atoms with Crippen LogP contribution in [0.25, 0.3) is 10.9 Å². The molecule has 0 aliphatic carbocycles. The van der Waals surface area contributed by atoms with Crippen molar-refractivity contribution in [3.05, 3.63) is 41.6 Å². The van der Waals surface area contributed by atoms with Crippen LogP contribution in [0.3, 0.4) is 0 Å². The summed E-state index contributed by atoms with van der Waals surface area (Å²) in [6, 6.07) is 5.19. The largest absolute Gasteiger partial charge is 0.494 e. The molecule has 0 saturated heterocycles. The number of hydrogen-bond acceptors (Lipinski definition) is 4. The van der Waals surface area contributed by atoms with Crippen molar-refractivity contribution in [2.75, 3.05) is 26.0 Å². The lowest BCUT2D eigenvalue weighted by Gasteiger charge is -2.31. The molecule has 0 saturated carbocycles. The molecular weight excluding hydrogens is 366 g/mol. The SMILES string of the molecule is CCOc1ccc2[nH]c3c(c2c1)CN(C(=O)[C@H]1C=CCN1S(C)(=O)=O)CC3. The molecule has 144 valence electrons. The number of aromatic nitrogens is 1. The van der Waals surface area contributed by atoms with E-state index in [9.17, 15) is 13.2 Å². The predicted molar refractivity (Wildman–Crippen MR) is 103 cm³/mol. The number of rotatable bonds is 4.